The van der Waals surface area contributed by atoms with Gasteiger partial charge in [0, 0.05) is 18.7 Å². The van der Waals surface area contributed by atoms with Crippen LogP contribution in [0.15, 0.2) is 44.4 Å². The summed E-state index contributed by atoms with van der Waals surface area (Å²) in [6, 6.07) is 8.44. The Morgan fingerprint density at radius 1 is 1.18 bits per heavy atom. The van der Waals surface area contributed by atoms with Gasteiger partial charge in [0.25, 0.3) is 0 Å². The van der Waals surface area contributed by atoms with E-state index in [0.29, 0.717) is 9.47 Å². The molecule has 2 N–H and O–H groups in total. The molecule has 0 saturated carbocycles. The number of hydrogen-bond donors (Lipinski definition) is 2. The van der Waals surface area contributed by atoms with Crippen molar-refractivity contribution in [1.82, 2.24) is 4.72 Å². The topological polar surface area (TPSA) is 75.3 Å². The lowest BCUT2D eigenvalue weighted by atomic mass is 10.3. The lowest BCUT2D eigenvalue weighted by Crippen LogP contribution is -2.27. The van der Waals surface area contributed by atoms with E-state index < -0.39 is 15.8 Å². The minimum Gasteiger partial charge on any atom is -0.326 e. The van der Waals surface area contributed by atoms with Gasteiger partial charge >= 0.3 is 0 Å². The van der Waals surface area contributed by atoms with Crippen LogP contribution in [-0.4, -0.2) is 20.9 Å². The summed E-state index contributed by atoms with van der Waals surface area (Å²) in [5.41, 5.74) is 0.455. The van der Waals surface area contributed by atoms with Crippen LogP contribution >= 0.6 is 27.3 Å². The van der Waals surface area contributed by atoms with Crippen molar-refractivity contribution in [2.45, 2.75) is 10.6 Å². The number of hydrogen-bond acceptors (Lipinski definition) is 4. The largest absolute Gasteiger partial charge is 0.326 e. The smallest absolute Gasteiger partial charge is 0.250 e. The number of rotatable bonds is 6. The van der Waals surface area contributed by atoms with E-state index in [0.717, 1.165) is 11.3 Å². The van der Waals surface area contributed by atoms with Crippen molar-refractivity contribution >= 4 is 48.9 Å². The highest BCUT2D eigenvalue weighted by atomic mass is 79.9. The van der Waals surface area contributed by atoms with Gasteiger partial charge in [0.2, 0.25) is 15.9 Å². The molecule has 0 bridgehead atoms. The van der Waals surface area contributed by atoms with Crippen LogP contribution in [0.5, 0.6) is 0 Å². The van der Waals surface area contributed by atoms with Gasteiger partial charge in [0.05, 0.1) is 3.79 Å². The monoisotopic (exact) mass is 406 g/mol. The van der Waals surface area contributed by atoms with Gasteiger partial charge in [-0.1, -0.05) is 0 Å². The van der Waals surface area contributed by atoms with Crippen LogP contribution < -0.4 is 10.0 Å². The highest BCUT2D eigenvalue weighted by Gasteiger charge is 2.16. The van der Waals surface area contributed by atoms with Gasteiger partial charge in [-0.25, -0.2) is 17.5 Å². The van der Waals surface area contributed by atoms with E-state index in [9.17, 15) is 17.6 Å². The van der Waals surface area contributed by atoms with Crippen molar-refractivity contribution in [3.63, 3.8) is 0 Å². The van der Waals surface area contributed by atoms with Gasteiger partial charge in [-0.2, -0.15) is 0 Å². The molecule has 0 aliphatic heterocycles. The molecule has 1 aromatic carbocycles. The Kier molecular flexibility index (Phi) is 5.68. The van der Waals surface area contributed by atoms with Gasteiger partial charge in [-0.3, -0.25) is 4.79 Å². The maximum atomic E-state index is 12.7. The van der Waals surface area contributed by atoms with Gasteiger partial charge in [0.1, 0.15) is 10.0 Å². The average Bonchev–Trinajstić information content (AvgIpc) is 2.89. The number of nitrogens with one attached hydrogen (secondary N) is 2. The van der Waals surface area contributed by atoms with Crippen molar-refractivity contribution < 1.29 is 17.6 Å². The lowest BCUT2D eigenvalue weighted by Gasteiger charge is -2.06. The number of thiophene rings is 1. The molecular weight excluding hydrogens is 395 g/mol. The van der Waals surface area contributed by atoms with E-state index in [-0.39, 0.29) is 23.1 Å². The summed E-state index contributed by atoms with van der Waals surface area (Å²) in [5.74, 6) is -0.755. The van der Waals surface area contributed by atoms with E-state index in [1.165, 1.54) is 30.3 Å². The van der Waals surface area contributed by atoms with Gasteiger partial charge < -0.3 is 5.32 Å². The molecule has 0 spiro atoms. The van der Waals surface area contributed by atoms with E-state index in [1.54, 1.807) is 6.07 Å². The van der Waals surface area contributed by atoms with Crippen LogP contribution in [0.1, 0.15) is 6.42 Å². The molecule has 1 heterocycles. The molecule has 0 unspecified atom stereocenters. The second-order valence-electron chi connectivity index (χ2n) is 4.26. The van der Waals surface area contributed by atoms with Gasteiger partial charge in [-0.15, -0.1) is 11.3 Å². The van der Waals surface area contributed by atoms with Gasteiger partial charge in [0.15, 0.2) is 0 Å². The van der Waals surface area contributed by atoms with Crippen molar-refractivity contribution in [1.29, 1.82) is 0 Å². The van der Waals surface area contributed by atoms with Crippen LogP contribution in [-0.2, 0) is 14.8 Å². The highest BCUT2D eigenvalue weighted by molar-refractivity contribution is 9.11. The number of sulfonamides is 1. The number of anilines is 1. The first-order valence-corrected chi connectivity index (χ1v) is 9.26. The second kappa shape index (κ2) is 7.32. The fourth-order valence-electron chi connectivity index (χ4n) is 1.57. The Labute approximate surface area is 139 Å². The molecule has 2 aromatic rings. The number of halogens is 2. The Morgan fingerprint density at radius 2 is 1.86 bits per heavy atom. The molecule has 1 aromatic heterocycles. The van der Waals surface area contributed by atoms with E-state index in [2.05, 4.69) is 26.0 Å². The number of amides is 1. The Balaban J connectivity index is 1.83. The normalized spacial score (nSPS) is 11.4. The molecule has 0 fully saturated rings. The third kappa shape index (κ3) is 4.87. The second-order valence-corrected chi connectivity index (χ2v) is 8.72. The zero-order chi connectivity index (χ0) is 16.2. The number of benzene rings is 1. The molecule has 2 rings (SSSR count). The third-order valence-electron chi connectivity index (χ3n) is 2.59. The molecule has 5 nitrogen and oxygen atoms in total. The molecule has 118 valence electrons. The number of carbonyl (C=O) groups excluding carboxylic acids is 1. The van der Waals surface area contributed by atoms with Crippen LogP contribution in [0, 0.1) is 5.82 Å². The maximum Gasteiger partial charge on any atom is 0.250 e. The molecule has 0 aliphatic carbocycles. The van der Waals surface area contributed by atoms with Crippen LogP contribution in [0.25, 0.3) is 0 Å². The predicted octanol–water partition coefficient (Wildman–Crippen LogP) is 2.96. The van der Waals surface area contributed by atoms with Crippen molar-refractivity contribution in [2.75, 3.05) is 11.9 Å². The lowest BCUT2D eigenvalue weighted by molar-refractivity contribution is -0.116. The molecule has 0 atom stereocenters. The predicted molar refractivity (Wildman–Crippen MR) is 86.9 cm³/mol. The summed E-state index contributed by atoms with van der Waals surface area (Å²) in [6.45, 7) is -0.0229. The maximum absolute atomic E-state index is 12.7. The van der Waals surface area contributed by atoms with E-state index in [4.69, 9.17) is 0 Å². The van der Waals surface area contributed by atoms with E-state index >= 15 is 0 Å². The van der Waals surface area contributed by atoms with Gasteiger partial charge in [-0.05, 0) is 52.3 Å². The van der Waals surface area contributed by atoms with Crippen molar-refractivity contribution in [3.8, 4) is 0 Å². The molecule has 22 heavy (non-hydrogen) atoms. The first-order valence-electron chi connectivity index (χ1n) is 6.17. The summed E-state index contributed by atoms with van der Waals surface area (Å²) in [4.78, 5) is 11.7. The Bertz CT molecular complexity index is 760. The molecule has 0 saturated heterocycles. The van der Waals surface area contributed by atoms with Crippen LogP contribution in [0.4, 0.5) is 10.1 Å². The van der Waals surface area contributed by atoms with Crippen molar-refractivity contribution in [2.24, 2.45) is 0 Å². The quantitative estimate of drug-likeness (QED) is 0.773. The standard InChI is InChI=1S/C13H12BrFN2O3S2/c14-11-5-6-13(21-11)22(19,20)16-8-7-12(18)17-10-3-1-9(15)2-4-10/h1-6,16H,7-8H2,(H,17,18). The minimum absolute atomic E-state index is 0.0229. The fraction of sp³-hybridized carbons (Fsp3) is 0.154. The SMILES string of the molecule is O=C(CCNS(=O)(=O)c1ccc(Br)s1)Nc1ccc(F)cc1. The van der Waals surface area contributed by atoms with Crippen LogP contribution in [0.3, 0.4) is 0 Å². The highest BCUT2D eigenvalue weighted by Crippen LogP contribution is 2.25. The van der Waals surface area contributed by atoms with Crippen molar-refractivity contribution in [3.05, 3.63) is 46.0 Å². The molecule has 0 radical (unpaired) electrons. The molecule has 0 aliphatic rings. The zero-order valence-corrected chi connectivity index (χ0v) is 14.4. The summed E-state index contributed by atoms with van der Waals surface area (Å²) in [6.07, 6.45) is -0.0247. The van der Waals surface area contributed by atoms with E-state index in [1.807, 2.05) is 0 Å². The first kappa shape index (κ1) is 17.1. The average molecular weight is 407 g/mol. The molecular formula is C13H12BrFN2O3S2. The first-order chi connectivity index (χ1) is 10.4. The summed E-state index contributed by atoms with van der Waals surface area (Å²) >= 11 is 4.28. The summed E-state index contributed by atoms with van der Waals surface area (Å²) in [5, 5.41) is 2.55. The minimum atomic E-state index is -3.60. The molecule has 9 heteroatoms. The Morgan fingerprint density at radius 3 is 2.45 bits per heavy atom. The Hall–Kier alpha value is -1.29. The number of carbonyl (C=O) groups is 1. The summed E-state index contributed by atoms with van der Waals surface area (Å²) in [7, 11) is -3.60. The molecule has 1 amide bonds. The summed E-state index contributed by atoms with van der Waals surface area (Å²) < 4.78 is 39.8. The third-order valence-corrected chi connectivity index (χ3v) is 6.16. The fourth-order valence-corrected chi connectivity index (χ4v) is 4.66. The zero-order valence-electron chi connectivity index (χ0n) is 11.2. The van der Waals surface area contributed by atoms with Crippen LogP contribution in [0.2, 0.25) is 0 Å².